The largest absolute Gasteiger partial charge is 0.348 e. The van der Waals surface area contributed by atoms with Crippen molar-refractivity contribution in [1.29, 1.82) is 0 Å². The average molecular weight is 360 g/mol. The van der Waals surface area contributed by atoms with Crippen molar-refractivity contribution in [2.24, 2.45) is 0 Å². The van der Waals surface area contributed by atoms with Crippen LogP contribution < -0.4 is 5.32 Å². The van der Waals surface area contributed by atoms with Gasteiger partial charge in [0.25, 0.3) is 0 Å². The minimum atomic E-state index is -0.0509. The lowest BCUT2D eigenvalue weighted by atomic mass is 9.89. The van der Waals surface area contributed by atoms with E-state index in [1.807, 2.05) is 27.8 Å². The third kappa shape index (κ3) is 5.56. The normalized spacial score (nSPS) is 14.7. The molecule has 144 valence electrons. The molecule has 2 amide bonds. The van der Waals surface area contributed by atoms with Gasteiger partial charge in [-0.3, -0.25) is 14.5 Å². The molecule has 0 aliphatic heterocycles. The van der Waals surface area contributed by atoms with Crippen LogP contribution in [0.25, 0.3) is 0 Å². The van der Waals surface area contributed by atoms with Gasteiger partial charge in [0, 0.05) is 13.1 Å². The van der Waals surface area contributed by atoms with Gasteiger partial charge in [-0.15, -0.1) is 0 Å². The summed E-state index contributed by atoms with van der Waals surface area (Å²) in [5, 5.41) is 3.06. The number of fused-ring (bicyclic) bond motifs is 1. The molecule has 0 saturated carbocycles. The number of hydrogen-bond donors (Lipinski definition) is 1. The maximum absolute atomic E-state index is 12.3. The summed E-state index contributed by atoms with van der Waals surface area (Å²) in [6, 6.07) is 6.55. The van der Waals surface area contributed by atoms with Crippen molar-refractivity contribution in [3.05, 3.63) is 34.9 Å². The van der Waals surface area contributed by atoms with Crippen LogP contribution in [0, 0.1) is 0 Å². The number of aryl methyl sites for hydroxylation is 2. The number of carbonyl (C=O) groups is 2. The molecule has 0 bridgehead atoms. The van der Waals surface area contributed by atoms with Gasteiger partial charge in [-0.05, 0) is 70.2 Å². The fraction of sp³-hybridized carbons (Fsp3) is 0.619. The minimum absolute atomic E-state index is 0.0263. The SMILES string of the molecule is CCN(CC)C(=O)CN(C)CC(=O)NC(C)c1ccc2c(c1)CCCC2. The zero-order valence-corrected chi connectivity index (χ0v) is 16.7. The van der Waals surface area contributed by atoms with E-state index in [4.69, 9.17) is 0 Å². The van der Waals surface area contributed by atoms with Crippen LogP contribution in [0.15, 0.2) is 18.2 Å². The number of nitrogens with zero attached hydrogens (tertiary/aromatic N) is 2. The van der Waals surface area contributed by atoms with E-state index in [1.165, 1.54) is 30.4 Å². The van der Waals surface area contributed by atoms with Gasteiger partial charge in [-0.25, -0.2) is 0 Å². The number of carbonyl (C=O) groups excluding carboxylic acids is 2. The van der Waals surface area contributed by atoms with Gasteiger partial charge in [0.2, 0.25) is 11.8 Å². The third-order valence-corrected chi connectivity index (χ3v) is 5.18. The number of nitrogens with one attached hydrogen (secondary N) is 1. The number of benzene rings is 1. The molecule has 1 aromatic rings. The third-order valence-electron chi connectivity index (χ3n) is 5.18. The van der Waals surface area contributed by atoms with E-state index in [0.29, 0.717) is 13.1 Å². The fourth-order valence-corrected chi connectivity index (χ4v) is 3.60. The molecule has 0 radical (unpaired) electrons. The van der Waals surface area contributed by atoms with E-state index in [9.17, 15) is 9.59 Å². The van der Waals surface area contributed by atoms with Crippen molar-refractivity contribution in [3.63, 3.8) is 0 Å². The first-order valence-electron chi connectivity index (χ1n) is 9.82. The molecule has 1 aromatic carbocycles. The van der Waals surface area contributed by atoms with Gasteiger partial charge >= 0.3 is 0 Å². The van der Waals surface area contributed by atoms with Gasteiger partial charge in [0.05, 0.1) is 19.1 Å². The maximum atomic E-state index is 12.3. The lowest BCUT2D eigenvalue weighted by molar-refractivity contribution is -0.132. The van der Waals surface area contributed by atoms with Crippen LogP contribution in [-0.4, -0.2) is 54.8 Å². The monoisotopic (exact) mass is 359 g/mol. The molecule has 5 heteroatoms. The molecule has 1 N–H and O–H groups in total. The zero-order chi connectivity index (χ0) is 19.1. The summed E-state index contributed by atoms with van der Waals surface area (Å²) in [6.07, 6.45) is 4.83. The van der Waals surface area contributed by atoms with Crippen LogP contribution in [0.3, 0.4) is 0 Å². The predicted molar refractivity (Wildman–Crippen MR) is 105 cm³/mol. The fourth-order valence-electron chi connectivity index (χ4n) is 3.60. The highest BCUT2D eigenvalue weighted by Gasteiger charge is 2.17. The highest BCUT2D eigenvalue weighted by molar-refractivity contribution is 5.81. The molecule has 1 atom stereocenters. The average Bonchev–Trinajstić information content (AvgIpc) is 2.61. The molecule has 5 nitrogen and oxygen atoms in total. The Balaban J connectivity index is 1.86. The first-order chi connectivity index (χ1) is 12.4. The highest BCUT2D eigenvalue weighted by Crippen LogP contribution is 2.24. The molecule has 1 unspecified atom stereocenters. The van der Waals surface area contributed by atoms with Gasteiger partial charge in [-0.1, -0.05) is 18.2 Å². The highest BCUT2D eigenvalue weighted by atomic mass is 16.2. The number of amides is 2. The van der Waals surface area contributed by atoms with E-state index >= 15 is 0 Å². The van der Waals surface area contributed by atoms with E-state index in [2.05, 4.69) is 23.5 Å². The van der Waals surface area contributed by atoms with Crippen LogP contribution in [0.1, 0.15) is 56.3 Å². The summed E-state index contributed by atoms with van der Waals surface area (Å²) in [6.45, 7) is 7.84. The van der Waals surface area contributed by atoms with Gasteiger partial charge in [-0.2, -0.15) is 0 Å². The van der Waals surface area contributed by atoms with Gasteiger partial charge in [0.1, 0.15) is 0 Å². The Hall–Kier alpha value is -1.88. The van der Waals surface area contributed by atoms with Gasteiger partial charge < -0.3 is 10.2 Å². The smallest absolute Gasteiger partial charge is 0.236 e. The topological polar surface area (TPSA) is 52.7 Å². The summed E-state index contributed by atoms with van der Waals surface area (Å²) >= 11 is 0. The van der Waals surface area contributed by atoms with E-state index in [1.54, 1.807) is 9.80 Å². The second-order valence-corrected chi connectivity index (χ2v) is 7.26. The molecule has 0 aromatic heterocycles. The van der Waals surface area contributed by atoms with Crippen molar-refractivity contribution in [2.45, 2.75) is 52.5 Å². The van der Waals surface area contributed by atoms with E-state index in [-0.39, 0.29) is 30.9 Å². The van der Waals surface area contributed by atoms with Crippen LogP contribution in [0.5, 0.6) is 0 Å². The number of rotatable bonds is 8. The summed E-state index contributed by atoms with van der Waals surface area (Å²) in [5.74, 6) is 0.0121. The van der Waals surface area contributed by atoms with Crippen molar-refractivity contribution in [2.75, 3.05) is 33.2 Å². The first kappa shape index (κ1) is 20.4. The first-order valence-corrected chi connectivity index (χ1v) is 9.82. The molecule has 1 aliphatic carbocycles. The Morgan fingerprint density at radius 1 is 1.08 bits per heavy atom. The number of likely N-dealkylation sites (N-methyl/N-ethyl adjacent to an activating group) is 2. The van der Waals surface area contributed by atoms with E-state index in [0.717, 1.165) is 12.0 Å². The molecule has 0 spiro atoms. The predicted octanol–water partition coefficient (Wildman–Crippen LogP) is 2.54. The summed E-state index contributed by atoms with van der Waals surface area (Å²) in [5.41, 5.74) is 4.03. The summed E-state index contributed by atoms with van der Waals surface area (Å²) in [7, 11) is 1.81. The lowest BCUT2D eigenvalue weighted by Gasteiger charge is -2.24. The minimum Gasteiger partial charge on any atom is -0.348 e. The molecule has 2 rings (SSSR count). The van der Waals surface area contributed by atoms with E-state index < -0.39 is 0 Å². The van der Waals surface area contributed by atoms with Crippen molar-refractivity contribution in [3.8, 4) is 0 Å². The summed E-state index contributed by atoms with van der Waals surface area (Å²) in [4.78, 5) is 28.0. The summed E-state index contributed by atoms with van der Waals surface area (Å²) < 4.78 is 0. The molecule has 0 saturated heterocycles. The van der Waals surface area contributed by atoms with Crippen molar-refractivity contribution in [1.82, 2.24) is 15.1 Å². The Kier molecular flexibility index (Phi) is 7.64. The van der Waals surface area contributed by atoms with Crippen LogP contribution >= 0.6 is 0 Å². The van der Waals surface area contributed by atoms with Crippen LogP contribution in [0.4, 0.5) is 0 Å². The standard InChI is InChI=1S/C21H33N3O2/c1-5-24(6-2)21(26)15-23(4)14-20(25)22-16(3)18-12-11-17-9-7-8-10-19(17)13-18/h11-13,16H,5-10,14-15H2,1-4H3,(H,22,25). The lowest BCUT2D eigenvalue weighted by Crippen LogP contribution is -2.43. The van der Waals surface area contributed by atoms with Crippen LogP contribution in [0.2, 0.25) is 0 Å². The Morgan fingerprint density at radius 2 is 1.73 bits per heavy atom. The Labute approximate surface area is 157 Å². The second kappa shape index (κ2) is 9.72. The van der Waals surface area contributed by atoms with Crippen molar-refractivity contribution < 1.29 is 9.59 Å². The van der Waals surface area contributed by atoms with Gasteiger partial charge in [0.15, 0.2) is 0 Å². The molecule has 1 aliphatic rings. The quantitative estimate of drug-likeness (QED) is 0.776. The molecule has 0 heterocycles. The number of hydrogen-bond acceptors (Lipinski definition) is 3. The maximum Gasteiger partial charge on any atom is 0.236 e. The van der Waals surface area contributed by atoms with Crippen molar-refractivity contribution >= 4 is 11.8 Å². The molecular weight excluding hydrogens is 326 g/mol. The molecule has 26 heavy (non-hydrogen) atoms. The Bertz CT molecular complexity index is 626. The van der Waals surface area contributed by atoms with Crippen LogP contribution in [-0.2, 0) is 22.4 Å². The zero-order valence-electron chi connectivity index (χ0n) is 16.7. The molecule has 0 fully saturated rings. The molecular formula is C21H33N3O2. The Morgan fingerprint density at radius 3 is 2.38 bits per heavy atom. The second-order valence-electron chi connectivity index (χ2n) is 7.26.